The van der Waals surface area contributed by atoms with Crippen molar-refractivity contribution in [3.05, 3.63) is 57.5 Å². The molecule has 2 N–H and O–H groups in total. The highest BCUT2D eigenvalue weighted by atomic mass is 32.2. The first kappa shape index (κ1) is 22.1. The summed E-state index contributed by atoms with van der Waals surface area (Å²) in [7, 11) is -3.09. The summed E-state index contributed by atoms with van der Waals surface area (Å²) in [5.41, 5.74) is 1.65. The van der Waals surface area contributed by atoms with Crippen LogP contribution in [0.1, 0.15) is 36.2 Å². The van der Waals surface area contributed by atoms with Crippen LogP contribution >= 0.6 is 0 Å². The van der Waals surface area contributed by atoms with Crippen molar-refractivity contribution >= 4 is 32.2 Å². The summed E-state index contributed by atoms with van der Waals surface area (Å²) in [6, 6.07) is 7.46. The first-order valence-electron chi connectivity index (χ1n) is 10.1. The molecule has 170 valence electrons. The average molecular weight is 464 g/mol. The van der Waals surface area contributed by atoms with Gasteiger partial charge in [0.15, 0.2) is 15.7 Å². The van der Waals surface area contributed by atoms with Crippen molar-refractivity contribution in [1.29, 1.82) is 0 Å². The molecule has 0 aliphatic carbocycles. The number of pyridine rings is 1. The van der Waals surface area contributed by atoms with Crippen molar-refractivity contribution in [3.63, 3.8) is 0 Å². The van der Waals surface area contributed by atoms with Gasteiger partial charge in [0.1, 0.15) is 5.69 Å². The van der Waals surface area contributed by atoms with Crippen LogP contribution in [0.5, 0.6) is 0 Å². The van der Waals surface area contributed by atoms with Gasteiger partial charge in [-0.1, -0.05) is 18.2 Å². The van der Waals surface area contributed by atoms with E-state index < -0.39 is 16.3 Å². The van der Waals surface area contributed by atoms with Crippen molar-refractivity contribution in [2.75, 3.05) is 34.8 Å². The largest absolute Gasteiger partial charge is 0.365 e. The molecule has 1 fully saturated rings. The maximum atomic E-state index is 13.1. The summed E-state index contributed by atoms with van der Waals surface area (Å²) in [5, 5.41) is 12.1. The zero-order valence-corrected chi connectivity index (χ0v) is 18.4. The Morgan fingerprint density at radius 1 is 1.12 bits per heavy atom. The van der Waals surface area contributed by atoms with E-state index in [1.165, 1.54) is 12.1 Å². The van der Waals surface area contributed by atoms with Gasteiger partial charge in [-0.25, -0.2) is 17.2 Å². The minimum atomic E-state index is -3.09. The Morgan fingerprint density at radius 3 is 2.50 bits per heavy atom. The molecule has 0 amide bonds. The highest BCUT2D eigenvalue weighted by Gasteiger charge is 2.24. The Morgan fingerprint density at radius 2 is 1.81 bits per heavy atom. The van der Waals surface area contributed by atoms with Crippen LogP contribution in [0.25, 0.3) is 10.9 Å². The SMILES string of the molecule is Cc1nnc(N[C@H](C)c2cccc(C(F)F)c2)c2cc(N3CCS(=O)(=O)CC3)c(=O)[nH]c12. The van der Waals surface area contributed by atoms with Gasteiger partial charge < -0.3 is 15.2 Å². The predicted molar refractivity (Wildman–Crippen MR) is 119 cm³/mol. The highest BCUT2D eigenvalue weighted by Crippen LogP contribution is 2.29. The van der Waals surface area contributed by atoms with E-state index in [1.807, 2.05) is 6.92 Å². The summed E-state index contributed by atoms with van der Waals surface area (Å²) in [5.74, 6) is 0.365. The van der Waals surface area contributed by atoms with E-state index in [0.717, 1.165) is 0 Å². The molecule has 3 aromatic rings. The van der Waals surface area contributed by atoms with E-state index in [-0.39, 0.29) is 41.8 Å². The Hall–Kier alpha value is -3.08. The van der Waals surface area contributed by atoms with E-state index in [0.29, 0.717) is 33.7 Å². The molecule has 8 nitrogen and oxygen atoms in total. The molecular weight excluding hydrogens is 440 g/mol. The Balaban J connectivity index is 1.71. The Kier molecular flexibility index (Phi) is 5.85. The van der Waals surface area contributed by atoms with Gasteiger partial charge in [0.25, 0.3) is 12.0 Å². The number of fused-ring (bicyclic) bond motifs is 1. The summed E-state index contributed by atoms with van der Waals surface area (Å²) >= 11 is 0. The quantitative estimate of drug-likeness (QED) is 0.599. The van der Waals surface area contributed by atoms with Crippen LogP contribution < -0.4 is 15.8 Å². The van der Waals surface area contributed by atoms with Gasteiger partial charge in [-0.3, -0.25) is 4.79 Å². The molecule has 1 atom stereocenters. The van der Waals surface area contributed by atoms with Crippen molar-refractivity contribution in [1.82, 2.24) is 15.2 Å². The number of hydrogen-bond acceptors (Lipinski definition) is 7. The number of sulfone groups is 1. The second-order valence-corrected chi connectivity index (χ2v) is 10.2. The molecule has 32 heavy (non-hydrogen) atoms. The summed E-state index contributed by atoms with van der Waals surface area (Å²) in [6.45, 7) is 4.00. The van der Waals surface area contributed by atoms with Crippen LogP contribution in [-0.4, -0.2) is 48.2 Å². The fraction of sp³-hybridized carbons (Fsp3) is 0.381. The zero-order chi connectivity index (χ0) is 23.0. The minimum Gasteiger partial charge on any atom is -0.365 e. The maximum absolute atomic E-state index is 13.1. The molecule has 11 heteroatoms. The van der Waals surface area contributed by atoms with Gasteiger partial charge in [0.05, 0.1) is 28.8 Å². The Bertz CT molecular complexity index is 1310. The third-order valence-electron chi connectivity index (χ3n) is 5.64. The molecule has 1 aliphatic heterocycles. The number of nitrogens with zero attached hydrogens (tertiary/aromatic N) is 3. The van der Waals surface area contributed by atoms with Crippen molar-refractivity contribution in [2.45, 2.75) is 26.3 Å². The van der Waals surface area contributed by atoms with Gasteiger partial charge in [-0.05, 0) is 31.5 Å². The van der Waals surface area contributed by atoms with Crippen molar-refractivity contribution < 1.29 is 17.2 Å². The molecule has 0 unspecified atom stereocenters. The standard InChI is InChI=1S/C21H23F2N5O3S/c1-12(14-4-3-5-15(10-14)19(22)23)24-20-16-11-17(28-6-8-32(30,31)9-7-28)21(29)25-18(16)13(2)26-27-20/h3-5,10-12,19H,6-9H2,1-2H3,(H,24,27)(H,25,29)/t12-/m1/s1. The monoisotopic (exact) mass is 463 g/mol. The van der Waals surface area contributed by atoms with Crippen LogP contribution in [0.15, 0.2) is 35.1 Å². The lowest BCUT2D eigenvalue weighted by Gasteiger charge is -2.28. The molecular formula is C21H23F2N5O3S. The number of nitrogens with one attached hydrogen (secondary N) is 2. The van der Waals surface area contributed by atoms with Gasteiger partial charge >= 0.3 is 0 Å². The number of alkyl halides is 2. The van der Waals surface area contributed by atoms with E-state index in [1.54, 1.807) is 30.0 Å². The first-order valence-corrected chi connectivity index (χ1v) is 12.0. The molecule has 1 aromatic carbocycles. The Labute approximate surface area is 183 Å². The maximum Gasteiger partial charge on any atom is 0.272 e. The average Bonchev–Trinajstić information content (AvgIpc) is 2.76. The highest BCUT2D eigenvalue weighted by molar-refractivity contribution is 7.91. The number of rotatable bonds is 5. The third-order valence-corrected chi connectivity index (χ3v) is 7.25. The van der Waals surface area contributed by atoms with Gasteiger partial charge in [0, 0.05) is 24.0 Å². The summed E-state index contributed by atoms with van der Waals surface area (Å²) < 4.78 is 49.7. The molecule has 1 aliphatic rings. The molecule has 0 saturated carbocycles. The fourth-order valence-electron chi connectivity index (χ4n) is 3.77. The second kappa shape index (κ2) is 8.45. The van der Waals surface area contributed by atoms with Gasteiger partial charge in [-0.15, -0.1) is 5.10 Å². The lowest BCUT2D eigenvalue weighted by Crippen LogP contribution is -2.42. The summed E-state index contributed by atoms with van der Waals surface area (Å²) in [4.78, 5) is 17.3. The number of aromatic amines is 1. The zero-order valence-electron chi connectivity index (χ0n) is 17.6. The molecule has 4 rings (SSSR count). The molecule has 3 heterocycles. The number of aromatic nitrogens is 3. The predicted octanol–water partition coefficient (Wildman–Crippen LogP) is 2.97. The van der Waals surface area contributed by atoms with Gasteiger partial charge in [0.2, 0.25) is 0 Å². The molecule has 0 bridgehead atoms. The molecule has 2 aromatic heterocycles. The van der Waals surface area contributed by atoms with E-state index in [9.17, 15) is 22.0 Å². The van der Waals surface area contributed by atoms with Crippen LogP contribution in [0.4, 0.5) is 20.3 Å². The molecule has 0 radical (unpaired) electrons. The second-order valence-electron chi connectivity index (χ2n) is 7.88. The van der Waals surface area contributed by atoms with Crippen molar-refractivity contribution in [3.8, 4) is 0 Å². The van der Waals surface area contributed by atoms with E-state index >= 15 is 0 Å². The smallest absolute Gasteiger partial charge is 0.272 e. The topological polar surface area (TPSA) is 108 Å². The fourth-order valence-corrected chi connectivity index (χ4v) is 4.97. The first-order chi connectivity index (χ1) is 15.1. The number of hydrogen-bond donors (Lipinski definition) is 2. The lowest BCUT2D eigenvalue weighted by molar-refractivity contribution is 0.151. The molecule has 1 saturated heterocycles. The minimum absolute atomic E-state index is 0.0132. The number of H-pyrrole nitrogens is 1. The lowest BCUT2D eigenvalue weighted by atomic mass is 10.0. The van der Waals surface area contributed by atoms with E-state index in [2.05, 4.69) is 20.5 Å². The van der Waals surface area contributed by atoms with Crippen LogP contribution in [-0.2, 0) is 9.84 Å². The van der Waals surface area contributed by atoms with E-state index in [4.69, 9.17) is 0 Å². The third kappa shape index (κ3) is 4.43. The number of aryl methyl sites for hydroxylation is 1. The normalized spacial score (nSPS) is 17.0. The number of anilines is 2. The van der Waals surface area contributed by atoms with Crippen molar-refractivity contribution in [2.24, 2.45) is 0 Å². The molecule has 0 spiro atoms. The van der Waals surface area contributed by atoms with Crippen LogP contribution in [0.3, 0.4) is 0 Å². The van der Waals surface area contributed by atoms with Crippen LogP contribution in [0.2, 0.25) is 0 Å². The number of benzene rings is 1. The summed E-state index contributed by atoms with van der Waals surface area (Å²) in [6.07, 6.45) is -2.57. The van der Waals surface area contributed by atoms with Gasteiger partial charge in [-0.2, -0.15) is 5.10 Å². The number of halogens is 2. The van der Waals surface area contributed by atoms with Crippen LogP contribution in [0, 0.1) is 6.92 Å².